The first-order chi connectivity index (χ1) is 16.4. The van der Waals surface area contributed by atoms with E-state index in [1.807, 2.05) is 44.2 Å². The van der Waals surface area contributed by atoms with Crippen molar-refractivity contribution in [3.05, 3.63) is 72.7 Å². The van der Waals surface area contributed by atoms with Gasteiger partial charge in [-0.3, -0.25) is 23.3 Å². The van der Waals surface area contributed by atoms with Gasteiger partial charge >= 0.3 is 5.69 Å². The molecule has 0 saturated heterocycles. The first-order valence-electron chi connectivity index (χ1n) is 12.0. The molecule has 0 atom stereocenters. The van der Waals surface area contributed by atoms with Gasteiger partial charge in [-0.05, 0) is 24.8 Å². The third-order valence-corrected chi connectivity index (χ3v) is 6.24. The summed E-state index contributed by atoms with van der Waals surface area (Å²) >= 11 is 0. The number of nitrogens with zero attached hydrogens (tertiary/aromatic N) is 5. The second kappa shape index (κ2) is 9.70. The number of hydrogen-bond donors (Lipinski definition) is 1. The van der Waals surface area contributed by atoms with Crippen LogP contribution in [0.15, 0.2) is 44.7 Å². The van der Waals surface area contributed by atoms with Crippen molar-refractivity contribution in [2.75, 3.05) is 0 Å². The maximum absolute atomic E-state index is 13.5. The molecule has 0 aliphatic heterocycles. The van der Waals surface area contributed by atoms with Gasteiger partial charge in [0, 0.05) is 13.1 Å². The van der Waals surface area contributed by atoms with Crippen LogP contribution in [0, 0.1) is 0 Å². The van der Waals surface area contributed by atoms with Crippen LogP contribution in [-0.2, 0) is 26.1 Å². The van der Waals surface area contributed by atoms with Gasteiger partial charge in [-0.1, -0.05) is 63.9 Å². The van der Waals surface area contributed by atoms with Gasteiger partial charge in [0.25, 0.3) is 11.1 Å². The summed E-state index contributed by atoms with van der Waals surface area (Å²) < 4.78 is 5.54. The summed E-state index contributed by atoms with van der Waals surface area (Å²) in [6.45, 7) is 6.73. The van der Waals surface area contributed by atoms with E-state index in [-0.39, 0.29) is 47.9 Å². The van der Waals surface area contributed by atoms with Crippen molar-refractivity contribution in [3.8, 4) is 5.88 Å². The fourth-order valence-corrected chi connectivity index (χ4v) is 4.34. The highest BCUT2D eigenvalue weighted by molar-refractivity contribution is 5.75. The van der Waals surface area contributed by atoms with Crippen molar-refractivity contribution < 1.29 is 5.11 Å². The molecule has 0 aliphatic rings. The predicted octanol–water partition coefficient (Wildman–Crippen LogP) is 2.89. The minimum atomic E-state index is -0.523. The number of imidazole rings is 1. The number of aromatic hydroxyl groups is 1. The minimum Gasteiger partial charge on any atom is -0.494 e. The molecule has 0 bridgehead atoms. The fourth-order valence-electron chi connectivity index (χ4n) is 4.34. The predicted molar refractivity (Wildman–Crippen MR) is 132 cm³/mol. The van der Waals surface area contributed by atoms with Crippen LogP contribution in [-0.4, -0.2) is 28.2 Å². The van der Waals surface area contributed by atoms with Crippen molar-refractivity contribution in [1.29, 1.82) is 0 Å². The quantitative estimate of drug-likeness (QED) is 0.409. The Morgan fingerprint density at radius 2 is 1.50 bits per heavy atom. The molecule has 4 aromatic rings. The van der Waals surface area contributed by atoms with Gasteiger partial charge in [-0.15, -0.1) is 0 Å². The molecule has 9 heteroatoms. The zero-order chi connectivity index (χ0) is 24.4. The smallest absolute Gasteiger partial charge is 0.332 e. The Morgan fingerprint density at radius 3 is 2.12 bits per heavy atom. The molecule has 1 aromatic carbocycles. The lowest BCUT2D eigenvalue weighted by Crippen LogP contribution is -2.41. The molecule has 3 aromatic heterocycles. The van der Waals surface area contributed by atoms with Crippen LogP contribution in [0.25, 0.3) is 16.9 Å². The summed E-state index contributed by atoms with van der Waals surface area (Å²) in [5.74, 6) is -0.0264. The molecule has 9 nitrogen and oxygen atoms in total. The Balaban J connectivity index is 2.15. The third-order valence-electron chi connectivity index (χ3n) is 6.24. The van der Waals surface area contributed by atoms with Crippen molar-refractivity contribution in [2.45, 2.75) is 72.5 Å². The molecular weight excluding hydrogens is 434 g/mol. The maximum atomic E-state index is 13.5. The number of fused-ring (bicyclic) bond motifs is 3. The number of unbranched alkanes of at least 4 members (excludes halogenated alkanes) is 2. The van der Waals surface area contributed by atoms with Crippen molar-refractivity contribution in [3.63, 3.8) is 0 Å². The summed E-state index contributed by atoms with van der Waals surface area (Å²) in [6.07, 6.45) is 3.37. The molecule has 34 heavy (non-hydrogen) atoms. The van der Waals surface area contributed by atoms with E-state index in [0.717, 1.165) is 24.8 Å². The highest BCUT2D eigenvalue weighted by Gasteiger charge is 2.24. The van der Waals surface area contributed by atoms with Gasteiger partial charge in [0.15, 0.2) is 11.2 Å². The Labute approximate surface area is 196 Å². The molecule has 1 N–H and O–H groups in total. The average Bonchev–Trinajstić information content (AvgIpc) is 3.23. The maximum Gasteiger partial charge on any atom is 0.332 e. The number of rotatable bonds is 9. The van der Waals surface area contributed by atoms with Crippen molar-refractivity contribution >= 4 is 16.9 Å². The number of benzene rings is 1. The van der Waals surface area contributed by atoms with Crippen LogP contribution in [0.1, 0.15) is 57.6 Å². The van der Waals surface area contributed by atoms with Crippen LogP contribution in [0.4, 0.5) is 0 Å². The first-order valence-corrected chi connectivity index (χ1v) is 12.0. The molecular formula is C25H31N5O4. The van der Waals surface area contributed by atoms with E-state index in [9.17, 15) is 19.5 Å². The van der Waals surface area contributed by atoms with E-state index in [1.165, 1.54) is 13.5 Å². The zero-order valence-electron chi connectivity index (χ0n) is 20.0. The van der Waals surface area contributed by atoms with Crippen LogP contribution in [0.5, 0.6) is 5.88 Å². The first kappa shape index (κ1) is 23.5. The molecule has 0 aliphatic carbocycles. The van der Waals surface area contributed by atoms with Gasteiger partial charge in [0.1, 0.15) is 0 Å². The SMILES string of the molecule is CCCCn1c(=O)c2c(nc3n(Cc4ccccc4)c(O)c(CC)c(=O)n23)n(CCCC)c1=O. The van der Waals surface area contributed by atoms with Gasteiger partial charge in [-0.2, -0.15) is 4.98 Å². The average molecular weight is 466 g/mol. The highest BCUT2D eigenvalue weighted by atomic mass is 16.3. The largest absolute Gasteiger partial charge is 0.494 e. The molecule has 0 radical (unpaired) electrons. The summed E-state index contributed by atoms with van der Waals surface area (Å²) in [5, 5.41) is 11.0. The molecule has 0 fully saturated rings. The summed E-state index contributed by atoms with van der Waals surface area (Å²) in [6, 6.07) is 9.51. The van der Waals surface area contributed by atoms with Crippen LogP contribution in [0.3, 0.4) is 0 Å². The van der Waals surface area contributed by atoms with Crippen molar-refractivity contribution in [1.82, 2.24) is 23.1 Å². The van der Waals surface area contributed by atoms with Gasteiger partial charge < -0.3 is 5.11 Å². The van der Waals surface area contributed by atoms with E-state index in [0.29, 0.717) is 13.0 Å². The van der Waals surface area contributed by atoms with Gasteiger partial charge in [-0.25, -0.2) is 9.20 Å². The Bertz CT molecular complexity index is 1510. The lowest BCUT2D eigenvalue weighted by atomic mass is 10.2. The number of aromatic nitrogens is 5. The van der Waals surface area contributed by atoms with E-state index >= 15 is 0 Å². The lowest BCUT2D eigenvalue weighted by molar-refractivity contribution is 0.412. The molecule has 0 unspecified atom stereocenters. The normalized spacial score (nSPS) is 11.6. The zero-order valence-corrected chi connectivity index (χ0v) is 20.0. The summed E-state index contributed by atoms with van der Waals surface area (Å²) in [7, 11) is 0. The van der Waals surface area contributed by atoms with Crippen molar-refractivity contribution in [2.24, 2.45) is 0 Å². The summed E-state index contributed by atoms with van der Waals surface area (Å²) in [5.41, 5.74) is -0.0444. The summed E-state index contributed by atoms with van der Waals surface area (Å²) in [4.78, 5) is 44.9. The molecule has 3 heterocycles. The van der Waals surface area contributed by atoms with E-state index < -0.39 is 16.8 Å². The van der Waals surface area contributed by atoms with E-state index in [2.05, 4.69) is 4.98 Å². The molecule has 180 valence electrons. The van der Waals surface area contributed by atoms with Crippen LogP contribution in [0.2, 0.25) is 0 Å². The van der Waals surface area contributed by atoms with Gasteiger partial charge in [0.05, 0.1) is 12.1 Å². The fraction of sp³-hybridized carbons (Fsp3) is 0.440. The topological polar surface area (TPSA) is 104 Å². The monoisotopic (exact) mass is 465 g/mol. The molecule has 4 rings (SSSR count). The Kier molecular flexibility index (Phi) is 6.72. The minimum absolute atomic E-state index is 0.0864. The second-order valence-corrected chi connectivity index (χ2v) is 8.55. The second-order valence-electron chi connectivity index (χ2n) is 8.55. The molecule has 0 saturated carbocycles. The third kappa shape index (κ3) is 3.85. The Morgan fingerprint density at radius 1 is 0.853 bits per heavy atom. The number of hydrogen-bond acceptors (Lipinski definition) is 5. The van der Waals surface area contributed by atoms with Crippen LogP contribution >= 0.6 is 0 Å². The highest BCUT2D eigenvalue weighted by Crippen LogP contribution is 2.22. The molecule has 0 spiro atoms. The van der Waals surface area contributed by atoms with Crippen LogP contribution < -0.4 is 16.8 Å². The van der Waals surface area contributed by atoms with E-state index in [1.54, 1.807) is 11.5 Å². The Hall–Kier alpha value is -3.62. The lowest BCUT2D eigenvalue weighted by Gasteiger charge is -2.14. The standard InChI is InChI=1S/C25H31N5O4/c1-4-7-14-27-20-19(23(33)28(25(27)34)15-8-5-2)30-22(32)18(6-3)21(31)29(24(30)26-20)16-17-12-10-9-11-13-17/h9-13,31H,4-8,14-16H2,1-3H3. The van der Waals surface area contributed by atoms with Gasteiger partial charge in [0.2, 0.25) is 11.7 Å². The number of aryl methyl sites for hydroxylation is 1. The van der Waals surface area contributed by atoms with E-state index in [4.69, 9.17) is 0 Å². The molecule has 0 amide bonds.